The van der Waals surface area contributed by atoms with Crippen LogP contribution in [0, 0.1) is 0 Å². The van der Waals surface area contributed by atoms with Crippen LogP contribution in [-0.4, -0.2) is 55.8 Å². The van der Waals surface area contributed by atoms with Crippen molar-refractivity contribution in [3.63, 3.8) is 0 Å². The molecule has 0 saturated carbocycles. The molecule has 3 rings (SSSR count). The van der Waals surface area contributed by atoms with Crippen molar-refractivity contribution in [3.8, 4) is 11.5 Å². The molecule has 2 unspecified atom stereocenters. The number of hydrogen-bond acceptors (Lipinski definition) is 7. The number of morpholine rings is 1. The number of benzene rings is 1. The molecular weight excluding hydrogens is 424 g/mol. The predicted molar refractivity (Wildman–Crippen MR) is 125 cm³/mol. The number of anilines is 1. The minimum absolute atomic E-state index is 0.167. The maximum Gasteiger partial charge on any atom is 0.255 e. The lowest BCUT2D eigenvalue weighted by atomic mass is 10.2. The van der Waals surface area contributed by atoms with Gasteiger partial charge >= 0.3 is 0 Å². The SMILES string of the molecule is COc1cc(C=CC(=O)NCc2ccc(N3CC(C)OC(C)C3)nc2)ccc1OCC(N)=O. The van der Waals surface area contributed by atoms with E-state index in [4.69, 9.17) is 19.9 Å². The van der Waals surface area contributed by atoms with Gasteiger partial charge in [-0.1, -0.05) is 12.1 Å². The summed E-state index contributed by atoms with van der Waals surface area (Å²) in [4.78, 5) is 29.9. The highest BCUT2D eigenvalue weighted by atomic mass is 16.5. The van der Waals surface area contributed by atoms with Gasteiger partial charge in [0.2, 0.25) is 5.91 Å². The zero-order valence-corrected chi connectivity index (χ0v) is 19.1. The van der Waals surface area contributed by atoms with Gasteiger partial charge in [0.05, 0.1) is 19.3 Å². The second-order valence-corrected chi connectivity index (χ2v) is 7.90. The van der Waals surface area contributed by atoms with Crippen LogP contribution in [0.3, 0.4) is 0 Å². The summed E-state index contributed by atoms with van der Waals surface area (Å²) >= 11 is 0. The van der Waals surface area contributed by atoms with Crippen LogP contribution in [0.5, 0.6) is 11.5 Å². The number of nitrogens with zero attached hydrogens (tertiary/aromatic N) is 2. The molecule has 1 aromatic heterocycles. The Kier molecular flexibility index (Phi) is 8.26. The summed E-state index contributed by atoms with van der Waals surface area (Å²) in [5.41, 5.74) is 6.75. The molecule has 9 nitrogen and oxygen atoms in total. The monoisotopic (exact) mass is 454 g/mol. The zero-order chi connectivity index (χ0) is 23.8. The quantitative estimate of drug-likeness (QED) is 0.556. The predicted octanol–water partition coefficient (Wildman–Crippen LogP) is 1.90. The van der Waals surface area contributed by atoms with Crippen LogP contribution in [0.15, 0.2) is 42.6 Å². The van der Waals surface area contributed by atoms with Gasteiger partial charge in [-0.3, -0.25) is 9.59 Å². The van der Waals surface area contributed by atoms with E-state index in [-0.39, 0.29) is 24.7 Å². The molecule has 2 atom stereocenters. The van der Waals surface area contributed by atoms with Crippen LogP contribution in [0.1, 0.15) is 25.0 Å². The van der Waals surface area contributed by atoms with Gasteiger partial charge in [-0.15, -0.1) is 0 Å². The number of carbonyl (C=O) groups excluding carboxylic acids is 2. The molecule has 1 fully saturated rings. The summed E-state index contributed by atoms with van der Waals surface area (Å²) in [6.45, 7) is 5.86. The third kappa shape index (κ3) is 7.21. The Morgan fingerprint density at radius 3 is 2.61 bits per heavy atom. The summed E-state index contributed by atoms with van der Waals surface area (Å²) in [5, 5.41) is 2.85. The topological polar surface area (TPSA) is 116 Å². The van der Waals surface area contributed by atoms with Crippen LogP contribution in [0.25, 0.3) is 6.08 Å². The summed E-state index contributed by atoms with van der Waals surface area (Å²) in [7, 11) is 1.49. The number of rotatable bonds is 9. The van der Waals surface area contributed by atoms with E-state index in [9.17, 15) is 9.59 Å². The van der Waals surface area contributed by atoms with Crippen molar-refractivity contribution >= 4 is 23.7 Å². The summed E-state index contributed by atoms with van der Waals surface area (Å²) in [5.74, 6) is 0.934. The van der Waals surface area contributed by atoms with Crippen molar-refractivity contribution in [1.82, 2.24) is 10.3 Å². The molecule has 0 spiro atoms. The molecular formula is C24H30N4O5. The highest BCUT2D eigenvalue weighted by molar-refractivity contribution is 5.91. The van der Waals surface area contributed by atoms with E-state index in [1.54, 1.807) is 30.5 Å². The number of aromatic nitrogens is 1. The van der Waals surface area contributed by atoms with Crippen LogP contribution in [0.4, 0.5) is 5.82 Å². The van der Waals surface area contributed by atoms with Crippen molar-refractivity contribution in [3.05, 3.63) is 53.7 Å². The lowest BCUT2D eigenvalue weighted by Crippen LogP contribution is -2.45. The Morgan fingerprint density at radius 2 is 1.97 bits per heavy atom. The fraction of sp³-hybridized carbons (Fsp3) is 0.375. The Labute approximate surface area is 193 Å². The van der Waals surface area contributed by atoms with E-state index in [1.807, 2.05) is 12.1 Å². The molecule has 0 aliphatic carbocycles. The molecule has 1 saturated heterocycles. The maximum atomic E-state index is 12.2. The van der Waals surface area contributed by atoms with E-state index in [1.165, 1.54) is 13.2 Å². The number of pyridine rings is 1. The fourth-order valence-electron chi connectivity index (χ4n) is 3.55. The smallest absolute Gasteiger partial charge is 0.255 e. The Hall–Kier alpha value is -3.59. The third-order valence-corrected chi connectivity index (χ3v) is 5.00. The Bertz CT molecular complexity index is 983. The number of amides is 2. The number of carbonyl (C=O) groups is 2. The van der Waals surface area contributed by atoms with Crippen molar-refractivity contribution in [2.75, 3.05) is 31.7 Å². The van der Waals surface area contributed by atoms with E-state index in [2.05, 4.69) is 29.0 Å². The van der Waals surface area contributed by atoms with Gasteiger partial charge < -0.3 is 30.2 Å². The molecule has 0 radical (unpaired) electrons. The second kappa shape index (κ2) is 11.3. The lowest BCUT2D eigenvalue weighted by molar-refractivity contribution is -0.120. The molecule has 1 aliphatic heterocycles. The first-order valence-electron chi connectivity index (χ1n) is 10.7. The van der Waals surface area contributed by atoms with E-state index >= 15 is 0 Å². The highest BCUT2D eigenvalue weighted by Crippen LogP contribution is 2.28. The average Bonchev–Trinajstić information content (AvgIpc) is 2.79. The van der Waals surface area contributed by atoms with Crippen molar-refractivity contribution < 1.29 is 23.8 Å². The van der Waals surface area contributed by atoms with Crippen LogP contribution < -0.4 is 25.4 Å². The molecule has 3 N–H and O–H groups in total. The number of methoxy groups -OCH3 is 1. The minimum Gasteiger partial charge on any atom is -0.493 e. The van der Waals surface area contributed by atoms with Crippen molar-refractivity contribution in [2.24, 2.45) is 5.73 Å². The molecule has 0 bridgehead atoms. The Balaban J connectivity index is 1.52. The molecule has 2 heterocycles. The van der Waals surface area contributed by atoms with Crippen LogP contribution >= 0.6 is 0 Å². The maximum absolute atomic E-state index is 12.2. The molecule has 176 valence electrons. The van der Waals surface area contributed by atoms with Gasteiger partial charge in [0.15, 0.2) is 18.1 Å². The van der Waals surface area contributed by atoms with Crippen LogP contribution in [-0.2, 0) is 20.9 Å². The first-order valence-corrected chi connectivity index (χ1v) is 10.7. The summed E-state index contributed by atoms with van der Waals surface area (Å²) in [6, 6.07) is 9.04. The molecule has 2 amide bonds. The minimum atomic E-state index is -0.576. The largest absolute Gasteiger partial charge is 0.493 e. The summed E-state index contributed by atoms with van der Waals surface area (Å²) < 4.78 is 16.3. The molecule has 1 aromatic carbocycles. The van der Waals surface area contributed by atoms with Crippen molar-refractivity contribution in [2.45, 2.75) is 32.6 Å². The molecule has 33 heavy (non-hydrogen) atoms. The van der Waals surface area contributed by atoms with Gasteiger partial charge in [0, 0.05) is 31.9 Å². The first-order chi connectivity index (χ1) is 15.8. The number of hydrogen-bond donors (Lipinski definition) is 2. The molecule has 2 aromatic rings. The van der Waals surface area contributed by atoms with Gasteiger partial charge in [-0.05, 0) is 49.2 Å². The van der Waals surface area contributed by atoms with E-state index < -0.39 is 5.91 Å². The molecule has 1 aliphatic rings. The van der Waals surface area contributed by atoms with Gasteiger partial charge in [0.1, 0.15) is 5.82 Å². The number of nitrogens with two attached hydrogens (primary N) is 1. The average molecular weight is 455 g/mol. The van der Waals surface area contributed by atoms with E-state index in [0.717, 1.165) is 30.0 Å². The van der Waals surface area contributed by atoms with Crippen molar-refractivity contribution in [1.29, 1.82) is 0 Å². The van der Waals surface area contributed by atoms with E-state index in [0.29, 0.717) is 18.0 Å². The first kappa shape index (κ1) is 24.1. The third-order valence-electron chi connectivity index (χ3n) is 5.00. The van der Waals surface area contributed by atoms with Crippen LogP contribution in [0.2, 0.25) is 0 Å². The lowest BCUT2D eigenvalue weighted by Gasteiger charge is -2.36. The normalized spacial score (nSPS) is 18.2. The van der Waals surface area contributed by atoms with Gasteiger partial charge in [0.25, 0.3) is 5.91 Å². The Morgan fingerprint density at radius 1 is 1.21 bits per heavy atom. The standard InChI is InChI=1S/C24H30N4O5/c1-16-13-28(14-17(2)33-16)23-8-5-19(11-26-23)12-27-24(30)9-6-18-4-7-20(21(10-18)31-3)32-15-22(25)29/h4-11,16-17H,12-15H2,1-3H3,(H2,25,29)(H,27,30). The number of nitrogens with one attached hydrogen (secondary N) is 1. The number of primary amides is 1. The van der Waals surface area contributed by atoms with Gasteiger partial charge in [-0.25, -0.2) is 4.98 Å². The van der Waals surface area contributed by atoms with Gasteiger partial charge in [-0.2, -0.15) is 0 Å². The number of ether oxygens (including phenoxy) is 3. The highest BCUT2D eigenvalue weighted by Gasteiger charge is 2.22. The summed E-state index contributed by atoms with van der Waals surface area (Å²) in [6.07, 6.45) is 5.22. The molecule has 9 heteroatoms. The fourth-order valence-corrected chi connectivity index (χ4v) is 3.55. The zero-order valence-electron chi connectivity index (χ0n) is 19.1. The second-order valence-electron chi connectivity index (χ2n) is 7.90.